The lowest BCUT2D eigenvalue weighted by atomic mass is 9.95. The maximum atomic E-state index is 17.2. The van der Waals surface area contributed by atoms with Gasteiger partial charge in [-0.25, -0.2) is 22.8 Å². The standard InChI is InChI=1S/C40H49F3N8O4Si/c1-52-25-55-28-18-26-9-10-31(41)33(42)32(26)29(19-28)35-34(43)36-30(20-44-35)38(48-39(47-36)54-22-40-11-6-14-50(40)15-7-12-40)49-13-5-8-27(21-49)37-45-23-46-51(37)24-53-16-17-56(2,3)4/h9-10,18-20,23,27H,5-8,11-17,21-22,24-25H2,1-4H3. The lowest BCUT2D eigenvalue weighted by molar-refractivity contribution is 0.0512. The van der Waals surface area contributed by atoms with Crippen LogP contribution in [0.3, 0.4) is 0 Å². The van der Waals surface area contributed by atoms with Crippen molar-refractivity contribution in [3.63, 3.8) is 0 Å². The fourth-order valence-electron chi connectivity index (χ4n) is 8.54. The van der Waals surface area contributed by atoms with Gasteiger partial charge in [-0.05, 0) is 81.2 Å². The van der Waals surface area contributed by atoms with E-state index in [0.29, 0.717) is 49.6 Å². The summed E-state index contributed by atoms with van der Waals surface area (Å²) in [5.41, 5.74) is -0.318. The van der Waals surface area contributed by atoms with Gasteiger partial charge in [-0.3, -0.25) is 9.88 Å². The largest absolute Gasteiger partial charge is 0.468 e. The molecule has 8 rings (SSSR count). The summed E-state index contributed by atoms with van der Waals surface area (Å²) in [5.74, 6) is -1.41. The summed E-state index contributed by atoms with van der Waals surface area (Å²) >= 11 is 0. The average molecular weight is 791 g/mol. The van der Waals surface area contributed by atoms with Crippen LogP contribution in [0.2, 0.25) is 25.7 Å². The van der Waals surface area contributed by atoms with Crippen LogP contribution >= 0.6 is 0 Å². The van der Waals surface area contributed by atoms with Crippen molar-refractivity contribution in [2.24, 2.45) is 0 Å². The van der Waals surface area contributed by atoms with E-state index in [1.54, 1.807) is 12.4 Å². The van der Waals surface area contributed by atoms with Gasteiger partial charge in [0.2, 0.25) is 0 Å². The molecule has 0 radical (unpaired) electrons. The van der Waals surface area contributed by atoms with Crippen LogP contribution in [-0.4, -0.2) is 102 Å². The Kier molecular flexibility index (Phi) is 10.9. The third-order valence-electron chi connectivity index (χ3n) is 11.4. The molecule has 0 aliphatic carbocycles. The second-order valence-electron chi connectivity index (χ2n) is 16.5. The molecule has 1 atom stereocenters. The minimum atomic E-state index is -1.25. The number of methoxy groups -OCH3 is 1. The molecule has 56 heavy (non-hydrogen) atoms. The molecule has 1 unspecified atom stereocenters. The van der Waals surface area contributed by atoms with E-state index in [9.17, 15) is 4.39 Å². The topological polar surface area (TPSA) is 113 Å². The molecule has 3 aliphatic rings. The Morgan fingerprint density at radius 3 is 2.55 bits per heavy atom. The number of hydrogen-bond acceptors (Lipinski definition) is 11. The van der Waals surface area contributed by atoms with Crippen LogP contribution in [0.4, 0.5) is 19.0 Å². The van der Waals surface area contributed by atoms with Gasteiger partial charge >= 0.3 is 6.01 Å². The van der Waals surface area contributed by atoms with Gasteiger partial charge in [0.05, 0.1) is 10.9 Å². The van der Waals surface area contributed by atoms with Gasteiger partial charge in [0.15, 0.2) is 24.2 Å². The first-order valence-electron chi connectivity index (χ1n) is 19.5. The molecular weight excluding hydrogens is 742 g/mol. The number of nitrogens with zero attached hydrogens (tertiary/aromatic N) is 8. The molecule has 16 heteroatoms. The van der Waals surface area contributed by atoms with Crippen LogP contribution in [0.15, 0.2) is 36.8 Å². The summed E-state index contributed by atoms with van der Waals surface area (Å²) < 4.78 is 72.5. The van der Waals surface area contributed by atoms with E-state index in [1.807, 2.05) is 4.68 Å². The lowest BCUT2D eigenvalue weighted by Crippen LogP contribution is -2.43. The Balaban J connectivity index is 1.18. The fraction of sp³-hybridized carbons (Fsp3) is 0.525. The van der Waals surface area contributed by atoms with E-state index in [0.717, 1.165) is 69.5 Å². The highest BCUT2D eigenvalue weighted by Crippen LogP contribution is 2.41. The molecule has 3 aromatic heterocycles. The maximum absolute atomic E-state index is 17.2. The molecule has 5 aromatic rings. The molecule has 0 N–H and O–H groups in total. The van der Waals surface area contributed by atoms with Crippen molar-refractivity contribution < 1.29 is 32.1 Å². The molecular formula is C40H49F3N8O4Si. The first-order valence-corrected chi connectivity index (χ1v) is 23.2. The van der Waals surface area contributed by atoms with Crippen LogP contribution in [0.25, 0.3) is 32.9 Å². The summed E-state index contributed by atoms with van der Waals surface area (Å²) in [7, 11) is 0.221. The summed E-state index contributed by atoms with van der Waals surface area (Å²) in [6.45, 7) is 11.5. The number of aromatic nitrogens is 6. The number of ether oxygens (including phenoxy) is 4. The predicted octanol–water partition coefficient (Wildman–Crippen LogP) is 7.54. The lowest BCUT2D eigenvalue weighted by Gasteiger charge is -2.34. The summed E-state index contributed by atoms with van der Waals surface area (Å²) in [4.78, 5) is 23.4. The number of pyridine rings is 1. The third-order valence-corrected chi connectivity index (χ3v) is 13.1. The highest BCUT2D eigenvalue weighted by atomic mass is 28.3. The summed E-state index contributed by atoms with van der Waals surface area (Å²) in [6.07, 6.45) is 8.99. The molecule has 298 valence electrons. The highest BCUT2D eigenvalue weighted by molar-refractivity contribution is 6.76. The SMILES string of the molecule is COCOc1cc(-c2ncc3c(N4CCCC(c5ncnn5COCC[Si](C)(C)C)C4)nc(OCC45CCCN4CCC5)nc3c2F)c2c(F)c(F)ccc2c1. The first-order chi connectivity index (χ1) is 27.0. The van der Waals surface area contributed by atoms with Gasteiger partial charge in [-0.15, -0.1) is 0 Å². The van der Waals surface area contributed by atoms with Gasteiger partial charge in [0, 0.05) is 57.9 Å². The number of benzene rings is 2. The van der Waals surface area contributed by atoms with Gasteiger partial charge < -0.3 is 23.8 Å². The van der Waals surface area contributed by atoms with Crippen molar-refractivity contribution in [1.29, 1.82) is 0 Å². The van der Waals surface area contributed by atoms with Gasteiger partial charge in [0.1, 0.15) is 48.3 Å². The van der Waals surface area contributed by atoms with Crippen molar-refractivity contribution >= 4 is 35.6 Å². The van der Waals surface area contributed by atoms with E-state index in [4.69, 9.17) is 23.9 Å². The van der Waals surface area contributed by atoms with Crippen LogP contribution in [0.5, 0.6) is 11.8 Å². The number of rotatable bonds is 14. The zero-order valence-corrected chi connectivity index (χ0v) is 33.5. The second-order valence-corrected chi connectivity index (χ2v) is 22.1. The zero-order chi connectivity index (χ0) is 39.0. The Morgan fingerprint density at radius 1 is 0.946 bits per heavy atom. The van der Waals surface area contributed by atoms with Crippen molar-refractivity contribution in [3.8, 4) is 23.0 Å². The smallest absolute Gasteiger partial charge is 0.319 e. The molecule has 0 bridgehead atoms. The fourth-order valence-corrected chi connectivity index (χ4v) is 9.30. The Labute approximate surface area is 325 Å². The van der Waals surface area contributed by atoms with E-state index >= 15 is 8.78 Å². The van der Waals surface area contributed by atoms with E-state index in [1.165, 1.54) is 25.4 Å². The Hall–Kier alpha value is -4.38. The number of piperidine rings is 1. The van der Waals surface area contributed by atoms with Crippen molar-refractivity contribution in [2.45, 2.75) is 82.4 Å². The van der Waals surface area contributed by atoms with Crippen LogP contribution in [0.1, 0.15) is 50.3 Å². The molecule has 0 amide bonds. The van der Waals surface area contributed by atoms with Crippen molar-refractivity contribution in [2.75, 3.05) is 58.2 Å². The summed E-state index contributed by atoms with van der Waals surface area (Å²) in [5, 5.41) is 5.04. The van der Waals surface area contributed by atoms with E-state index in [-0.39, 0.29) is 52.2 Å². The Bertz CT molecular complexity index is 2210. The van der Waals surface area contributed by atoms with E-state index in [2.05, 4.69) is 49.5 Å². The van der Waals surface area contributed by atoms with Gasteiger partial charge in [0.25, 0.3) is 0 Å². The molecule has 0 saturated carbocycles. The van der Waals surface area contributed by atoms with Crippen molar-refractivity contribution in [1.82, 2.24) is 34.6 Å². The molecule has 3 saturated heterocycles. The zero-order valence-electron chi connectivity index (χ0n) is 32.5. The molecule has 2 aromatic carbocycles. The van der Waals surface area contributed by atoms with Gasteiger partial charge in [-0.2, -0.15) is 15.1 Å². The highest BCUT2D eigenvalue weighted by Gasteiger charge is 2.45. The maximum Gasteiger partial charge on any atom is 0.319 e. The van der Waals surface area contributed by atoms with Crippen LogP contribution < -0.4 is 14.4 Å². The Morgan fingerprint density at radius 2 is 1.77 bits per heavy atom. The molecule has 3 fully saturated rings. The number of hydrogen-bond donors (Lipinski definition) is 0. The average Bonchev–Trinajstić information content (AvgIpc) is 3.93. The molecule has 12 nitrogen and oxygen atoms in total. The molecule has 6 heterocycles. The van der Waals surface area contributed by atoms with Crippen LogP contribution in [0, 0.1) is 17.5 Å². The van der Waals surface area contributed by atoms with Crippen LogP contribution in [-0.2, 0) is 16.2 Å². The minimum Gasteiger partial charge on any atom is -0.468 e. The minimum absolute atomic E-state index is 0.00167. The number of halogens is 3. The normalized spacial score (nSPS) is 18.6. The number of anilines is 1. The van der Waals surface area contributed by atoms with Crippen molar-refractivity contribution in [3.05, 3.63) is 60.1 Å². The monoisotopic (exact) mass is 790 g/mol. The third kappa shape index (κ3) is 7.67. The second kappa shape index (κ2) is 15.9. The van der Waals surface area contributed by atoms with E-state index < -0.39 is 25.5 Å². The quantitative estimate of drug-likeness (QED) is 0.0632. The predicted molar refractivity (Wildman–Crippen MR) is 209 cm³/mol. The molecule has 0 spiro atoms. The summed E-state index contributed by atoms with van der Waals surface area (Å²) in [6, 6.07) is 6.55. The number of fused-ring (bicyclic) bond motifs is 3. The molecule has 3 aliphatic heterocycles. The first kappa shape index (κ1) is 38.5. The van der Waals surface area contributed by atoms with Gasteiger partial charge in [-0.1, -0.05) is 25.7 Å².